The molecule has 5 nitrogen and oxygen atoms in total. The van der Waals surface area contributed by atoms with Gasteiger partial charge in [-0.2, -0.15) is 0 Å². The van der Waals surface area contributed by atoms with E-state index in [1.165, 1.54) is 0 Å². The molecule has 0 bridgehead atoms. The molecule has 0 atom stereocenters. The minimum absolute atomic E-state index is 0.149. The highest BCUT2D eigenvalue weighted by Crippen LogP contribution is 2.20. The summed E-state index contributed by atoms with van der Waals surface area (Å²) >= 11 is 0. The number of para-hydroxylation sites is 1. The number of nitrogens with one attached hydrogen (secondary N) is 1. The fraction of sp³-hybridized carbons (Fsp3) is 0.150. The number of anilines is 3. The fourth-order valence-electron chi connectivity index (χ4n) is 2.46. The predicted molar refractivity (Wildman–Crippen MR) is 100 cm³/mol. The summed E-state index contributed by atoms with van der Waals surface area (Å²) in [6.07, 6.45) is 3.09. The van der Waals surface area contributed by atoms with Crippen LogP contribution in [0.4, 0.5) is 17.3 Å². The number of benzene rings is 2. The maximum absolute atomic E-state index is 12.5. The van der Waals surface area contributed by atoms with E-state index in [1.54, 1.807) is 24.3 Å². The number of hydrogen-bond acceptors (Lipinski definition) is 4. The Morgan fingerprint density at radius 1 is 1.00 bits per heavy atom. The first-order valence-electron chi connectivity index (χ1n) is 8.04. The average Bonchev–Trinajstić information content (AvgIpc) is 2.65. The number of aromatic nitrogens is 2. The van der Waals surface area contributed by atoms with E-state index < -0.39 is 0 Å². The smallest absolute Gasteiger partial charge is 0.261 e. The molecule has 0 spiro atoms. The minimum atomic E-state index is -0.149. The molecule has 0 aliphatic carbocycles. The molecule has 5 heteroatoms. The van der Waals surface area contributed by atoms with Gasteiger partial charge in [0.15, 0.2) is 0 Å². The van der Waals surface area contributed by atoms with Crippen molar-refractivity contribution in [3.63, 3.8) is 0 Å². The summed E-state index contributed by atoms with van der Waals surface area (Å²) in [6, 6.07) is 15.6. The van der Waals surface area contributed by atoms with Gasteiger partial charge in [0.2, 0.25) is 5.95 Å². The quantitative estimate of drug-likeness (QED) is 0.781. The van der Waals surface area contributed by atoms with E-state index in [0.717, 1.165) is 22.5 Å². The van der Waals surface area contributed by atoms with Crippen molar-refractivity contribution >= 4 is 23.2 Å². The molecule has 3 rings (SSSR count). The number of carbonyl (C=O) groups is 1. The lowest BCUT2D eigenvalue weighted by Crippen LogP contribution is -2.26. The van der Waals surface area contributed by atoms with Crippen LogP contribution in [0.25, 0.3) is 0 Å². The maximum atomic E-state index is 12.5. The Kier molecular flexibility index (Phi) is 4.75. The zero-order chi connectivity index (χ0) is 17.8. The number of hydrogen-bond donors (Lipinski definition) is 1. The van der Waals surface area contributed by atoms with Crippen LogP contribution in [0.1, 0.15) is 21.5 Å². The number of nitrogens with zero attached hydrogens (tertiary/aromatic N) is 3. The third-order valence-corrected chi connectivity index (χ3v) is 3.99. The number of carbonyl (C=O) groups excluding carboxylic acids is 1. The molecule has 0 fully saturated rings. The van der Waals surface area contributed by atoms with Crippen molar-refractivity contribution in [2.75, 3.05) is 17.3 Å². The molecule has 0 unspecified atom stereocenters. The Morgan fingerprint density at radius 2 is 1.68 bits per heavy atom. The zero-order valence-corrected chi connectivity index (χ0v) is 14.5. The topological polar surface area (TPSA) is 58.1 Å². The first-order valence-corrected chi connectivity index (χ1v) is 8.04. The van der Waals surface area contributed by atoms with Gasteiger partial charge in [-0.1, -0.05) is 30.3 Å². The summed E-state index contributed by atoms with van der Waals surface area (Å²) in [5.74, 6) is 0.317. The molecule has 0 aliphatic heterocycles. The highest BCUT2D eigenvalue weighted by atomic mass is 16.2. The third kappa shape index (κ3) is 3.83. The van der Waals surface area contributed by atoms with Crippen molar-refractivity contribution in [1.29, 1.82) is 0 Å². The van der Waals surface area contributed by atoms with Crippen LogP contribution < -0.4 is 10.2 Å². The zero-order valence-electron chi connectivity index (χ0n) is 14.5. The van der Waals surface area contributed by atoms with Crippen LogP contribution in [0.15, 0.2) is 60.9 Å². The van der Waals surface area contributed by atoms with E-state index in [2.05, 4.69) is 21.4 Å². The van der Waals surface area contributed by atoms with E-state index in [0.29, 0.717) is 11.5 Å². The van der Waals surface area contributed by atoms with Gasteiger partial charge in [-0.25, -0.2) is 9.97 Å². The lowest BCUT2D eigenvalue weighted by Gasteiger charge is -2.17. The largest absolute Gasteiger partial charge is 0.324 e. The van der Waals surface area contributed by atoms with Crippen molar-refractivity contribution in [1.82, 2.24) is 9.97 Å². The van der Waals surface area contributed by atoms with Gasteiger partial charge >= 0.3 is 0 Å². The molecule has 25 heavy (non-hydrogen) atoms. The number of aryl methyl sites for hydroxylation is 2. The van der Waals surface area contributed by atoms with Gasteiger partial charge in [-0.3, -0.25) is 4.79 Å². The molecule has 1 aromatic heterocycles. The van der Waals surface area contributed by atoms with Crippen molar-refractivity contribution < 1.29 is 4.79 Å². The van der Waals surface area contributed by atoms with Crippen LogP contribution in [-0.4, -0.2) is 22.9 Å². The maximum Gasteiger partial charge on any atom is 0.261 e. The van der Waals surface area contributed by atoms with Gasteiger partial charge in [-0.05, 0) is 43.2 Å². The highest BCUT2D eigenvalue weighted by Gasteiger charge is 2.14. The molecule has 2 aromatic carbocycles. The second kappa shape index (κ2) is 7.13. The van der Waals surface area contributed by atoms with Gasteiger partial charge in [0.25, 0.3) is 5.91 Å². The van der Waals surface area contributed by atoms with Crippen molar-refractivity contribution in [3.05, 3.63) is 77.6 Å². The minimum Gasteiger partial charge on any atom is -0.324 e. The Labute approximate surface area is 147 Å². The predicted octanol–water partition coefficient (Wildman–Crippen LogP) is 4.11. The van der Waals surface area contributed by atoms with Crippen LogP contribution in [0.2, 0.25) is 0 Å². The monoisotopic (exact) mass is 332 g/mol. The Morgan fingerprint density at radius 3 is 2.36 bits per heavy atom. The van der Waals surface area contributed by atoms with Crippen LogP contribution in [-0.2, 0) is 0 Å². The van der Waals surface area contributed by atoms with Crippen LogP contribution in [0.5, 0.6) is 0 Å². The van der Waals surface area contributed by atoms with Crippen LogP contribution >= 0.6 is 0 Å². The summed E-state index contributed by atoms with van der Waals surface area (Å²) in [5, 5.41) is 3.19. The Bertz CT molecular complexity index is 876. The molecule has 1 N–H and O–H groups in total. The van der Waals surface area contributed by atoms with E-state index in [9.17, 15) is 4.79 Å². The van der Waals surface area contributed by atoms with E-state index in [-0.39, 0.29) is 5.91 Å². The first-order chi connectivity index (χ1) is 12.0. The van der Waals surface area contributed by atoms with Gasteiger partial charge in [0, 0.05) is 30.8 Å². The molecule has 0 radical (unpaired) electrons. The van der Waals surface area contributed by atoms with Crippen LogP contribution in [0, 0.1) is 13.8 Å². The summed E-state index contributed by atoms with van der Waals surface area (Å²) in [5.41, 5.74) is 4.49. The lowest BCUT2D eigenvalue weighted by molar-refractivity contribution is 0.0992. The second-order valence-corrected chi connectivity index (χ2v) is 5.94. The fourth-order valence-corrected chi connectivity index (χ4v) is 2.46. The number of rotatable bonds is 4. The molecule has 0 aliphatic rings. The van der Waals surface area contributed by atoms with Gasteiger partial charge in [0.05, 0.1) is 5.56 Å². The van der Waals surface area contributed by atoms with E-state index >= 15 is 0 Å². The highest BCUT2D eigenvalue weighted by molar-refractivity contribution is 6.05. The lowest BCUT2D eigenvalue weighted by atomic mass is 10.1. The van der Waals surface area contributed by atoms with Gasteiger partial charge < -0.3 is 10.2 Å². The third-order valence-electron chi connectivity index (χ3n) is 3.99. The molecular weight excluding hydrogens is 312 g/mol. The molecule has 1 amide bonds. The van der Waals surface area contributed by atoms with Crippen molar-refractivity contribution in [3.8, 4) is 0 Å². The van der Waals surface area contributed by atoms with Crippen molar-refractivity contribution in [2.45, 2.75) is 13.8 Å². The molecule has 0 saturated carbocycles. The summed E-state index contributed by atoms with van der Waals surface area (Å²) < 4.78 is 0. The molecule has 0 saturated heterocycles. The summed E-state index contributed by atoms with van der Waals surface area (Å²) in [4.78, 5) is 22.7. The van der Waals surface area contributed by atoms with Gasteiger partial charge in [-0.15, -0.1) is 0 Å². The SMILES string of the molecule is Cc1ccc(C)c(Nc2ncc(C(=O)N(C)c3ccccc3)cn2)c1. The normalized spacial score (nSPS) is 10.4. The number of amides is 1. The van der Waals surface area contributed by atoms with E-state index in [4.69, 9.17) is 0 Å². The average molecular weight is 332 g/mol. The summed E-state index contributed by atoms with van der Waals surface area (Å²) in [6.45, 7) is 4.06. The van der Waals surface area contributed by atoms with Crippen molar-refractivity contribution in [2.24, 2.45) is 0 Å². The molecular formula is C20H20N4O. The van der Waals surface area contributed by atoms with E-state index in [1.807, 2.05) is 56.3 Å². The molecule has 3 aromatic rings. The standard InChI is InChI=1S/C20H20N4O/c1-14-9-10-15(2)18(11-14)23-20-21-12-16(13-22-20)19(25)24(3)17-7-5-4-6-8-17/h4-13H,1-3H3,(H,21,22,23). The second-order valence-electron chi connectivity index (χ2n) is 5.94. The Balaban J connectivity index is 1.76. The summed E-state index contributed by atoms with van der Waals surface area (Å²) in [7, 11) is 1.74. The first kappa shape index (κ1) is 16.6. The molecule has 126 valence electrons. The van der Waals surface area contributed by atoms with Crippen LogP contribution in [0.3, 0.4) is 0 Å². The Hall–Kier alpha value is -3.21. The molecule has 1 heterocycles. The van der Waals surface area contributed by atoms with Gasteiger partial charge in [0.1, 0.15) is 0 Å².